The molecule has 0 spiro atoms. The van der Waals surface area contributed by atoms with E-state index >= 15 is 0 Å². The molecular formula is C62H60N2. The normalized spacial score (nSPS) is 11.4. The molecule has 0 saturated heterocycles. The summed E-state index contributed by atoms with van der Waals surface area (Å²) in [5, 5.41) is 0. The van der Waals surface area contributed by atoms with Gasteiger partial charge < -0.3 is 9.80 Å². The number of benzene rings is 8. The summed E-state index contributed by atoms with van der Waals surface area (Å²) in [7, 11) is 0. The number of rotatable bonds is 13. The second-order valence-corrected chi connectivity index (χ2v) is 17.2. The summed E-state index contributed by atoms with van der Waals surface area (Å²) in [5.41, 5.74) is 24.4. The second kappa shape index (κ2) is 19.5. The third-order valence-electron chi connectivity index (χ3n) is 12.6. The number of hydrogen-bond acceptors (Lipinski definition) is 2. The molecule has 0 aliphatic rings. The Morgan fingerprint density at radius 2 is 0.797 bits per heavy atom. The molecule has 0 heterocycles. The molecule has 0 N–H and O–H groups in total. The lowest BCUT2D eigenvalue weighted by Crippen LogP contribution is -2.12. The van der Waals surface area contributed by atoms with Crippen molar-refractivity contribution in [1.29, 1.82) is 0 Å². The van der Waals surface area contributed by atoms with E-state index in [1.54, 1.807) is 0 Å². The molecule has 8 aromatic carbocycles. The van der Waals surface area contributed by atoms with Gasteiger partial charge in [-0.3, -0.25) is 0 Å². The maximum absolute atomic E-state index is 2.40. The van der Waals surface area contributed by atoms with E-state index in [0.29, 0.717) is 0 Å². The van der Waals surface area contributed by atoms with E-state index in [-0.39, 0.29) is 0 Å². The first kappa shape index (κ1) is 43.5. The third kappa shape index (κ3) is 9.73. The first-order valence-corrected chi connectivity index (χ1v) is 22.8. The van der Waals surface area contributed by atoms with Gasteiger partial charge in [0.2, 0.25) is 0 Å². The third-order valence-corrected chi connectivity index (χ3v) is 12.6. The molecule has 8 rings (SSSR count). The van der Waals surface area contributed by atoms with Gasteiger partial charge in [-0.2, -0.15) is 0 Å². The van der Waals surface area contributed by atoms with Crippen molar-refractivity contribution >= 4 is 58.4 Å². The van der Waals surface area contributed by atoms with E-state index < -0.39 is 0 Å². The topological polar surface area (TPSA) is 6.48 Å². The summed E-state index contributed by atoms with van der Waals surface area (Å²) >= 11 is 0. The van der Waals surface area contributed by atoms with E-state index in [9.17, 15) is 0 Å². The second-order valence-electron chi connectivity index (χ2n) is 17.2. The highest BCUT2D eigenvalue weighted by Crippen LogP contribution is 2.41. The van der Waals surface area contributed by atoms with E-state index in [1.807, 2.05) is 0 Å². The van der Waals surface area contributed by atoms with Gasteiger partial charge in [0.15, 0.2) is 0 Å². The summed E-state index contributed by atoms with van der Waals surface area (Å²) < 4.78 is 0. The van der Waals surface area contributed by atoms with Crippen molar-refractivity contribution in [2.75, 3.05) is 9.80 Å². The van der Waals surface area contributed by atoms with Crippen molar-refractivity contribution in [2.45, 2.75) is 68.2 Å². The van der Waals surface area contributed by atoms with Crippen molar-refractivity contribution in [2.24, 2.45) is 0 Å². The Morgan fingerprint density at radius 1 is 0.344 bits per heavy atom. The van der Waals surface area contributed by atoms with Crippen LogP contribution < -0.4 is 9.80 Å². The smallest absolute Gasteiger partial charge is 0.0490 e. The molecule has 2 nitrogen and oxygen atoms in total. The number of anilines is 6. The maximum Gasteiger partial charge on any atom is 0.0490 e. The first-order chi connectivity index (χ1) is 31.1. The van der Waals surface area contributed by atoms with Crippen molar-refractivity contribution in [3.8, 4) is 11.1 Å². The summed E-state index contributed by atoms with van der Waals surface area (Å²) in [4.78, 5) is 4.80. The number of aryl methyl sites for hydroxylation is 8. The molecule has 0 aliphatic carbocycles. The van der Waals surface area contributed by atoms with Crippen molar-refractivity contribution < 1.29 is 0 Å². The van der Waals surface area contributed by atoms with Gasteiger partial charge >= 0.3 is 0 Å². The Hall–Kier alpha value is -7.16. The Bertz CT molecular complexity index is 2960. The Labute approximate surface area is 382 Å². The van der Waals surface area contributed by atoms with Crippen LogP contribution in [-0.4, -0.2) is 0 Å². The zero-order valence-electron chi connectivity index (χ0n) is 38.8. The molecule has 0 fully saturated rings. The standard InChI is InChI=1S/C62H60N2/c1-9-49-19-36-61(47(7)39-49)63(59-34-24-53(45(5)41-59)21-18-51-16-13-14-43(3)38-51)57-30-26-55(27-31-57)56-28-32-58(33-29-56)64(62-37-20-50(10-2)40-48(62)8)60-35-25-54(46(6)42-60)23-22-52-17-12-11-15-44(52)4/h11-42H,9-10H2,1-8H3/b21-18+,23-22+. The largest absolute Gasteiger partial charge is 0.310 e. The Balaban J connectivity index is 1.11. The average molecular weight is 833 g/mol. The fourth-order valence-electron chi connectivity index (χ4n) is 8.72. The molecule has 0 atom stereocenters. The summed E-state index contributed by atoms with van der Waals surface area (Å²) in [6, 6.07) is 62.6. The van der Waals surface area contributed by atoms with E-state index in [4.69, 9.17) is 0 Å². The molecule has 0 radical (unpaired) electrons. The van der Waals surface area contributed by atoms with Crippen LogP contribution in [0.4, 0.5) is 34.1 Å². The van der Waals surface area contributed by atoms with Crippen LogP contribution in [0.25, 0.3) is 35.4 Å². The van der Waals surface area contributed by atoms with Crippen LogP contribution in [0.3, 0.4) is 0 Å². The van der Waals surface area contributed by atoms with E-state index in [0.717, 1.165) is 35.6 Å². The lowest BCUT2D eigenvalue weighted by atomic mass is 10.0. The highest BCUT2D eigenvalue weighted by molar-refractivity contribution is 5.84. The predicted molar refractivity (Wildman–Crippen MR) is 279 cm³/mol. The SMILES string of the molecule is CCc1ccc(N(c2ccc(-c3ccc(N(c4ccc(/C=C/c5ccccc5C)c(C)c4)c4ccc(CC)cc4C)cc3)cc2)c2ccc(/C=C/c3cccc(C)c3)c(C)c2)c(C)c1. The molecule has 0 aliphatic heterocycles. The van der Waals surface area contributed by atoms with Crippen LogP contribution in [0.1, 0.15) is 80.6 Å². The molecule has 0 unspecified atom stereocenters. The molecule has 0 amide bonds. The summed E-state index contributed by atoms with van der Waals surface area (Å²) in [5.74, 6) is 0. The zero-order valence-corrected chi connectivity index (χ0v) is 38.8. The van der Waals surface area contributed by atoms with Gasteiger partial charge in [0.05, 0.1) is 0 Å². The minimum atomic E-state index is 1.01. The fourth-order valence-corrected chi connectivity index (χ4v) is 8.72. The summed E-state index contributed by atoms with van der Waals surface area (Å²) in [6.45, 7) is 17.6. The molecule has 0 saturated carbocycles. The molecule has 64 heavy (non-hydrogen) atoms. The van der Waals surface area contributed by atoms with Gasteiger partial charge in [-0.25, -0.2) is 0 Å². The van der Waals surface area contributed by atoms with Gasteiger partial charge in [-0.05, 0) is 187 Å². The highest BCUT2D eigenvalue weighted by Gasteiger charge is 2.18. The van der Waals surface area contributed by atoms with Gasteiger partial charge in [-0.1, -0.05) is 153 Å². The lowest BCUT2D eigenvalue weighted by Gasteiger charge is -2.28. The maximum atomic E-state index is 2.40. The van der Waals surface area contributed by atoms with Crippen molar-refractivity contribution in [3.05, 3.63) is 237 Å². The Kier molecular flexibility index (Phi) is 13.2. The van der Waals surface area contributed by atoms with Gasteiger partial charge in [-0.15, -0.1) is 0 Å². The van der Waals surface area contributed by atoms with Crippen molar-refractivity contribution in [1.82, 2.24) is 0 Å². The average Bonchev–Trinajstić information content (AvgIpc) is 3.30. The van der Waals surface area contributed by atoms with Gasteiger partial charge in [0, 0.05) is 34.1 Å². The number of nitrogens with zero attached hydrogens (tertiary/aromatic N) is 2. The predicted octanol–water partition coefficient (Wildman–Crippen LogP) is 17.6. The first-order valence-electron chi connectivity index (χ1n) is 22.8. The monoisotopic (exact) mass is 832 g/mol. The Morgan fingerprint density at radius 3 is 1.23 bits per heavy atom. The van der Waals surface area contributed by atoms with Crippen LogP contribution in [-0.2, 0) is 12.8 Å². The quantitative estimate of drug-likeness (QED) is 0.107. The molecular weight excluding hydrogens is 773 g/mol. The van der Waals surface area contributed by atoms with Crippen LogP contribution in [0.5, 0.6) is 0 Å². The van der Waals surface area contributed by atoms with E-state index in [1.165, 1.54) is 89.3 Å². The van der Waals surface area contributed by atoms with Gasteiger partial charge in [0.1, 0.15) is 0 Å². The lowest BCUT2D eigenvalue weighted by molar-refractivity contribution is 1.12. The van der Waals surface area contributed by atoms with Crippen LogP contribution in [0.2, 0.25) is 0 Å². The van der Waals surface area contributed by atoms with Crippen LogP contribution in [0, 0.1) is 41.5 Å². The van der Waals surface area contributed by atoms with Gasteiger partial charge in [0.25, 0.3) is 0 Å². The molecule has 0 aromatic heterocycles. The minimum absolute atomic E-state index is 1.01. The van der Waals surface area contributed by atoms with Crippen LogP contribution >= 0.6 is 0 Å². The molecule has 8 aromatic rings. The zero-order chi connectivity index (χ0) is 44.7. The van der Waals surface area contributed by atoms with E-state index in [2.05, 4.69) is 259 Å². The number of hydrogen-bond donors (Lipinski definition) is 0. The van der Waals surface area contributed by atoms with Crippen molar-refractivity contribution in [3.63, 3.8) is 0 Å². The molecule has 318 valence electrons. The minimum Gasteiger partial charge on any atom is -0.310 e. The van der Waals surface area contributed by atoms with Crippen LogP contribution in [0.15, 0.2) is 170 Å². The highest BCUT2D eigenvalue weighted by atomic mass is 15.1. The molecule has 2 heteroatoms. The molecule has 0 bridgehead atoms. The fraction of sp³-hybridized carbons (Fsp3) is 0.161. The summed E-state index contributed by atoms with van der Waals surface area (Å²) in [6.07, 6.45) is 10.9.